The van der Waals surface area contributed by atoms with E-state index in [0.717, 1.165) is 77.2 Å². The lowest BCUT2D eigenvalue weighted by molar-refractivity contribution is -0.138. The molecule has 1 saturated heterocycles. The largest absolute Gasteiger partial charge is 0.343 e. The highest BCUT2D eigenvalue weighted by molar-refractivity contribution is 5.90. The topological polar surface area (TPSA) is 66.6 Å². The molecule has 3 aromatic heterocycles. The van der Waals surface area contributed by atoms with Crippen LogP contribution in [-0.2, 0) is 11.3 Å². The van der Waals surface area contributed by atoms with Gasteiger partial charge in [0.25, 0.3) is 0 Å². The van der Waals surface area contributed by atoms with Crippen molar-refractivity contribution in [1.82, 2.24) is 29.4 Å². The van der Waals surface area contributed by atoms with Gasteiger partial charge in [0.05, 0.1) is 11.4 Å². The predicted molar refractivity (Wildman–Crippen MR) is 172 cm³/mol. The maximum absolute atomic E-state index is 13.2. The summed E-state index contributed by atoms with van der Waals surface area (Å²) in [5.74, 6) is 0.535. The van der Waals surface area contributed by atoms with Crippen LogP contribution in [0.25, 0.3) is 39.1 Å². The molecule has 2 aromatic carbocycles. The van der Waals surface area contributed by atoms with E-state index in [4.69, 9.17) is 4.98 Å². The molecular weight excluding hydrogens is 532 g/mol. The highest BCUT2D eigenvalue weighted by Gasteiger charge is 2.30. The fourth-order valence-electron chi connectivity index (χ4n) is 7.01. The summed E-state index contributed by atoms with van der Waals surface area (Å²) in [7, 11) is 2.04. The Morgan fingerprint density at radius 2 is 1.65 bits per heavy atom. The fourth-order valence-corrected chi connectivity index (χ4v) is 7.01. The number of hydrogen-bond acceptors (Lipinski definition) is 5. The van der Waals surface area contributed by atoms with Crippen LogP contribution < -0.4 is 0 Å². The van der Waals surface area contributed by atoms with Crippen LogP contribution in [0.2, 0.25) is 0 Å². The van der Waals surface area contributed by atoms with Crippen molar-refractivity contribution in [3.8, 4) is 22.4 Å². The number of hydrogen-bond donors (Lipinski definition) is 0. The van der Waals surface area contributed by atoms with Crippen molar-refractivity contribution in [3.63, 3.8) is 0 Å². The number of aromatic nitrogens is 4. The molecule has 7 heteroatoms. The van der Waals surface area contributed by atoms with Gasteiger partial charge in [-0.1, -0.05) is 73.9 Å². The van der Waals surface area contributed by atoms with Gasteiger partial charge < -0.3 is 4.90 Å². The second-order valence-electron chi connectivity index (χ2n) is 12.5. The van der Waals surface area contributed by atoms with Gasteiger partial charge in [-0.2, -0.15) is 9.61 Å². The Bertz CT molecular complexity index is 1730. The van der Waals surface area contributed by atoms with E-state index >= 15 is 0 Å². The summed E-state index contributed by atoms with van der Waals surface area (Å²) in [4.78, 5) is 27.6. The zero-order valence-electron chi connectivity index (χ0n) is 25.2. The van der Waals surface area contributed by atoms with Crippen molar-refractivity contribution in [1.29, 1.82) is 0 Å². The molecule has 0 atom stereocenters. The molecule has 1 amide bonds. The van der Waals surface area contributed by atoms with Crippen molar-refractivity contribution in [3.05, 3.63) is 84.2 Å². The van der Waals surface area contributed by atoms with Crippen LogP contribution in [0.5, 0.6) is 0 Å². The molecule has 0 spiro atoms. The van der Waals surface area contributed by atoms with E-state index < -0.39 is 0 Å². The molecule has 7 nitrogen and oxygen atoms in total. The zero-order valence-corrected chi connectivity index (χ0v) is 25.2. The number of nitrogens with zero attached hydrogens (tertiary/aromatic N) is 6. The first-order chi connectivity index (χ1) is 21.0. The normalized spacial score (nSPS) is 17.1. The number of piperidine rings is 1. The van der Waals surface area contributed by atoms with E-state index in [0.29, 0.717) is 11.9 Å². The Morgan fingerprint density at radius 3 is 2.40 bits per heavy atom. The van der Waals surface area contributed by atoms with Crippen LogP contribution in [0.3, 0.4) is 0 Å². The molecule has 0 bridgehead atoms. The van der Waals surface area contributed by atoms with Gasteiger partial charge in [-0.3, -0.25) is 9.69 Å². The van der Waals surface area contributed by atoms with Crippen molar-refractivity contribution in [2.75, 3.05) is 20.1 Å². The second kappa shape index (κ2) is 11.9. The number of aryl methyl sites for hydroxylation is 1. The smallest absolute Gasteiger partial charge is 0.225 e. The lowest BCUT2D eigenvalue weighted by atomic mass is 9.91. The number of rotatable bonds is 6. The van der Waals surface area contributed by atoms with Crippen LogP contribution in [0.1, 0.15) is 56.2 Å². The molecule has 2 fully saturated rings. The zero-order chi connectivity index (χ0) is 29.3. The quantitative estimate of drug-likeness (QED) is 0.221. The summed E-state index contributed by atoms with van der Waals surface area (Å²) in [6, 6.07) is 23.9. The SMILES string of the molecule is Cc1cc2ncc3cc(-c4ccccc4)c(-c4ccc(CN5CCC(C(=O)N(C)C6CCCCC6)CC5)cc4)nc3n2n1. The van der Waals surface area contributed by atoms with E-state index in [1.54, 1.807) is 0 Å². The average Bonchev–Trinajstić information content (AvgIpc) is 3.46. The maximum Gasteiger partial charge on any atom is 0.225 e. The van der Waals surface area contributed by atoms with Gasteiger partial charge in [0.2, 0.25) is 5.91 Å². The molecule has 43 heavy (non-hydrogen) atoms. The van der Waals surface area contributed by atoms with E-state index in [-0.39, 0.29) is 5.92 Å². The van der Waals surface area contributed by atoms with Crippen molar-refractivity contribution in [2.45, 2.75) is 64.5 Å². The maximum atomic E-state index is 13.2. The molecule has 220 valence electrons. The molecule has 1 aliphatic carbocycles. The van der Waals surface area contributed by atoms with E-state index in [2.05, 4.69) is 74.5 Å². The number of amides is 1. The van der Waals surface area contributed by atoms with Gasteiger partial charge in [0.1, 0.15) is 0 Å². The van der Waals surface area contributed by atoms with Crippen molar-refractivity contribution in [2.24, 2.45) is 5.92 Å². The monoisotopic (exact) mass is 572 g/mol. The highest BCUT2D eigenvalue weighted by Crippen LogP contribution is 2.34. The van der Waals surface area contributed by atoms with Gasteiger partial charge in [-0.15, -0.1) is 0 Å². The van der Waals surface area contributed by atoms with Gasteiger partial charge in [0.15, 0.2) is 11.3 Å². The molecular formula is C36H40N6O. The Labute approximate surface area is 253 Å². The summed E-state index contributed by atoms with van der Waals surface area (Å²) in [5.41, 5.74) is 8.03. The van der Waals surface area contributed by atoms with Crippen molar-refractivity contribution >= 4 is 22.6 Å². The molecule has 1 saturated carbocycles. The third kappa shape index (κ3) is 5.66. The number of likely N-dealkylation sites (tertiary alicyclic amines) is 1. The Morgan fingerprint density at radius 1 is 0.907 bits per heavy atom. The lowest BCUT2D eigenvalue weighted by Gasteiger charge is -2.37. The number of benzene rings is 2. The van der Waals surface area contributed by atoms with E-state index in [1.165, 1.54) is 37.7 Å². The van der Waals surface area contributed by atoms with Crippen LogP contribution in [0.4, 0.5) is 0 Å². The second-order valence-corrected chi connectivity index (χ2v) is 12.5. The first-order valence-electron chi connectivity index (χ1n) is 15.8. The van der Waals surface area contributed by atoms with Crippen LogP contribution in [-0.4, -0.2) is 61.5 Å². The Kier molecular flexibility index (Phi) is 7.66. The van der Waals surface area contributed by atoms with Gasteiger partial charge in [0, 0.05) is 54.3 Å². The Hall–Kier alpha value is -4.10. The summed E-state index contributed by atoms with van der Waals surface area (Å²) in [5, 5.41) is 5.63. The molecule has 5 aromatic rings. The number of fused-ring (bicyclic) bond motifs is 3. The first-order valence-corrected chi connectivity index (χ1v) is 15.8. The van der Waals surface area contributed by atoms with Crippen LogP contribution in [0.15, 0.2) is 72.9 Å². The third-order valence-electron chi connectivity index (χ3n) is 9.51. The van der Waals surface area contributed by atoms with Crippen molar-refractivity contribution < 1.29 is 4.79 Å². The minimum Gasteiger partial charge on any atom is -0.343 e. The van der Waals surface area contributed by atoms with Gasteiger partial charge in [-0.25, -0.2) is 9.97 Å². The summed E-state index contributed by atoms with van der Waals surface area (Å²) in [6.45, 7) is 4.81. The number of carbonyl (C=O) groups excluding carboxylic acids is 1. The van der Waals surface area contributed by atoms with Gasteiger partial charge in [-0.05, 0) is 62.9 Å². The molecule has 0 N–H and O–H groups in total. The Balaban J connectivity index is 1.09. The molecule has 7 rings (SSSR count). The molecule has 1 aliphatic heterocycles. The van der Waals surface area contributed by atoms with E-state index in [1.807, 2.05) is 36.8 Å². The molecule has 0 radical (unpaired) electrons. The minimum absolute atomic E-state index is 0.168. The summed E-state index contributed by atoms with van der Waals surface area (Å²) >= 11 is 0. The lowest BCUT2D eigenvalue weighted by Crippen LogP contribution is -2.45. The van der Waals surface area contributed by atoms with Crippen LogP contribution in [0, 0.1) is 12.8 Å². The molecule has 2 aliphatic rings. The van der Waals surface area contributed by atoms with Crippen LogP contribution >= 0.6 is 0 Å². The van der Waals surface area contributed by atoms with E-state index in [9.17, 15) is 4.79 Å². The minimum atomic E-state index is 0.168. The summed E-state index contributed by atoms with van der Waals surface area (Å²) < 4.78 is 1.85. The molecule has 4 heterocycles. The average molecular weight is 573 g/mol. The predicted octanol–water partition coefficient (Wildman–Crippen LogP) is 6.92. The summed E-state index contributed by atoms with van der Waals surface area (Å²) in [6.07, 6.45) is 9.97. The molecule has 0 unspecified atom stereocenters. The number of carbonyl (C=O) groups is 1. The standard InChI is InChI=1S/C36H40N6O/c1-25-21-33-37-23-30-22-32(27-9-5-3-6-10-27)34(38-35(30)42(33)39-25)28-15-13-26(14-16-28)24-41-19-17-29(18-20-41)36(43)40(2)31-11-7-4-8-12-31/h3,5-6,9-10,13-16,21-23,29,31H,4,7-8,11-12,17-20,24H2,1-2H3. The third-order valence-corrected chi connectivity index (χ3v) is 9.51. The fraction of sp³-hybridized carbons (Fsp3) is 0.389. The number of pyridine rings is 1. The van der Waals surface area contributed by atoms with Gasteiger partial charge >= 0.3 is 0 Å². The first kappa shape index (κ1) is 27.7. The highest BCUT2D eigenvalue weighted by atomic mass is 16.2.